The molecule has 5 heteroatoms. The molecule has 0 aliphatic heterocycles. The van der Waals surface area contributed by atoms with Crippen LogP contribution in [0.4, 0.5) is 17.3 Å². The average molecular weight is 348 g/mol. The first-order chi connectivity index (χ1) is 12.6. The molecule has 0 bridgehead atoms. The van der Waals surface area contributed by atoms with E-state index in [0.29, 0.717) is 6.54 Å². The Morgan fingerprint density at radius 3 is 2.35 bits per heavy atom. The Morgan fingerprint density at radius 1 is 0.923 bits per heavy atom. The number of ether oxygens (including phenoxy) is 1. The van der Waals surface area contributed by atoms with Gasteiger partial charge in [-0.15, -0.1) is 0 Å². The summed E-state index contributed by atoms with van der Waals surface area (Å²) in [6, 6.07) is 14.2. The van der Waals surface area contributed by atoms with E-state index in [-0.39, 0.29) is 0 Å². The molecule has 0 aliphatic rings. The number of hydrogen-bond acceptors (Lipinski definition) is 5. The van der Waals surface area contributed by atoms with Gasteiger partial charge in [0.1, 0.15) is 23.7 Å². The zero-order valence-electron chi connectivity index (χ0n) is 15.6. The molecule has 2 aromatic carbocycles. The standard InChI is InChI=1S/C21H24N4O/c1-14-9-15(2)21(16(3)10-14)25-20-11-19(23-13-24-20)22-12-17-7-5-6-8-18(17)26-4/h5-11,13H,12H2,1-4H3,(H2,22,23,24,25). The second kappa shape index (κ2) is 7.87. The predicted octanol–water partition coefficient (Wildman–Crippen LogP) is 4.77. The van der Waals surface area contributed by atoms with Crippen molar-refractivity contribution in [2.45, 2.75) is 27.3 Å². The molecule has 1 heterocycles. The lowest BCUT2D eigenvalue weighted by Crippen LogP contribution is -2.05. The first-order valence-corrected chi connectivity index (χ1v) is 8.59. The van der Waals surface area contributed by atoms with Crippen LogP contribution in [-0.2, 0) is 6.54 Å². The lowest BCUT2D eigenvalue weighted by molar-refractivity contribution is 0.410. The minimum absolute atomic E-state index is 0.628. The maximum Gasteiger partial charge on any atom is 0.135 e. The molecule has 0 saturated carbocycles. The Hall–Kier alpha value is -3.08. The number of para-hydroxylation sites is 1. The monoisotopic (exact) mass is 348 g/mol. The first kappa shape index (κ1) is 17.7. The molecule has 3 aromatic rings. The summed E-state index contributed by atoms with van der Waals surface area (Å²) in [6.07, 6.45) is 1.56. The summed E-state index contributed by atoms with van der Waals surface area (Å²) in [4.78, 5) is 8.65. The number of aromatic nitrogens is 2. The number of hydrogen-bond donors (Lipinski definition) is 2. The summed E-state index contributed by atoms with van der Waals surface area (Å²) < 4.78 is 5.39. The lowest BCUT2D eigenvalue weighted by atomic mass is 10.1. The van der Waals surface area contributed by atoms with Crippen LogP contribution in [0.3, 0.4) is 0 Å². The van der Waals surface area contributed by atoms with Gasteiger partial charge in [-0.25, -0.2) is 9.97 Å². The second-order valence-electron chi connectivity index (χ2n) is 6.35. The number of anilines is 3. The van der Waals surface area contributed by atoms with Gasteiger partial charge >= 0.3 is 0 Å². The molecule has 0 amide bonds. The van der Waals surface area contributed by atoms with Gasteiger partial charge in [0.2, 0.25) is 0 Å². The van der Waals surface area contributed by atoms with Gasteiger partial charge < -0.3 is 15.4 Å². The van der Waals surface area contributed by atoms with Crippen LogP contribution in [0.2, 0.25) is 0 Å². The van der Waals surface area contributed by atoms with Crippen LogP contribution in [0, 0.1) is 20.8 Å². The quantitative estimate of drug-likeness (QED) is 0.672. The van der Waals surface area contributed by atoms with Gasteiger partial charge in [-0.05, 0) is 38.0 Å². The van der Waals surface area contributed by atoms with Crippen molar-refractivity contribution >= 4 is 17.3 Å². The van der Waals surface area contributed by atoms with E-state index in [4.69, 9.17) is 4.74 Å². The van der Waals surface area contributed by atoms with E-state index in [2.05, 4.69) is 53.5 Å². The van der Waals surface area contributed by atoms with E-state index in [9.17, 15) is 0 Å². The van der Waals surface area contributed by atoms with E-state index in [1.807, 2.05) is 30.3 Å². The molecule has 134 valence electrons. The Kier molecular flexibility index (Phi) is 5.37. The Morgan fingerprint density at radius 2 is 1.62 bits per heavy atom. The molecule has 0 spiro atoms. The average Bonchev–Trinajstić information content (AvgIpc) is 2.63. The molecular formula is C21H24N4O. The largest absolute Gasteiger partial charge is 0.496 e. The van der Waals surface area contributed by atoms with Crippen molar-refractivity contribution < 1.29 is 4.74 Å². The molecule has 0 atom stereocenters. The summed E-state index contributed by atoms with van der Waals surface area (Å²) in [7, 11) is 1.68. The van der Waals surface area contributed by atoms with E-state index in [0.717, 1.165) is 28.6 Å². The van der Waals surface area contributed by atoms with E-state index >= 15 is 0 Å². The third-order valence-electron chi connectivity index (χ3n) is 4.25. The van der Waals surface area contributed by atoms with Crippen LogP contribution < -0.4 is 15.4 Å². The Bertz CT molecular complexity index is 885. The predicted molar refractivity (Wildman–Crippen MR) is 106 cm³/mol. The first-order valence-electron chi connectivity index (χ1n) is 8.59. The summed E-state index contributed by atoms with van der Waals surface area (Å²) in [5.74, 6) is 2.38. The van der Waals surface area contributed by atoms with E-state index in [1.165, 1.54) is 16.7 Å². The zero-order valence-corrected chi connectivity index (χ0v) is 15.6. The van der Waals surface area contributed by atoms with Crippen LogP contribution in [0.25, 0.3) is 0 Å². The third kappa shape index (κ3) is 4.11. The van der Waals surface area contributed by atoms with Crippen molar-refractivity contribution in [3.63, 3.8) is 0 Å². The molecule has 1 aromatic heterocycles. The molecule has 2 N–H and O–H groups in total. The van der Waals surface area contributed by atoms with Crippen LogP contribution in [0.1, 0.15) is 22.3 Å². The normalized spacial score (nSPS) is 10.5. The van der Waals surface area contributed by atoms with E-state index < -0.39 is 0 Å². The van der Waals surface area contributed by atoms with Crippen LogP contribution >= 0.6 is 0 Å². The number of aryl methyl sites for hydroxylation is 3. The highest BCUT2D eigenvalue weighted by Crippen LogP contribution is 2.26. The van der Waals surface area contributed by atoms with Gasteiger partial charge in [0.25, 0.3) is 0 Å². The molecule has 5 nitrogen and oxygen atoms in total. The highest BCUT2D eigenvalue weighted by Gasteiger charge is 2.07. The zero-order chi connectivity index (χ0) is 18.5. The number of benzene rings is 2. The number of nitrogens with one attached hydrogen (secondary N) is 2. The number of rotatable bonds is 6. The number of methoxy groups -OCH3 is 1. The van der Waals surface area contributed by atoms with Crippen molar-refractivity contribution in [1.29, 1.82) is 0 Å². The van der Waals surface area contributed by atoms with Crippen LogP contribution in [0.15, 0.2) is 48.8 Å². The summed E-state index contributed by atoms with van der Waals surface area (Å²) in [6.45, 7) is 6.94. The van der Waals surface area contributed by atoms with Gasteiger partial charge in [-0.1, -0.05) is 35.9 Å². The third-order valence-corrected chi connectivity index (χ3v) is 4.25. The fourth-order valence-corrected chi connectivity index (χ4v) is 3.06. The molecule has 3 rings (SSSR count). The Balaban J connectivity index is 1.75. The highest BCUT2D eigenvalue weighted by atomic mass is 16.5. The van der Waals surface area contributed by atoms with Gasteiger partial charge in [-0.2, -0.15) is 0 Å². The lowest BCUT2D eigenvalue weighted by Gasteiger charge is -2.14. The highest BCUT2D eigenvalue weighted by molar-refractivity contribution is 5.66. The maximum absolute atomic E-state index is 5.39. The van der Waals surface area contributed by atoms with Crippen molar-refractivity contribution in [2.24, 2.45) is 0 Å². The van der Waals surface area contributed by atoms with E-state index in [1.54, 1.807) is 13.4 Å². The SMILES string of the molecule is COc1ccccc1CNc1cc(Nc2c(C)cc(C)cc2C)ncn1. The van der Waals surface area contributed by atoms with Crippen molar-refractivity contribution in [2.75, 3.05) is 17.7 Å². The van der Waals surface area contributed by atoms with Crippen LogP contribution in [-0.4, -0.2) is 17.1 Å². The summed E-state index contributed by atoms with van der Waals surface area (Å²) in [5, 5.41) is 6.74. The molecule has 0 fully saturated rings. The second-order valence-corrected chi connectivity index (χ2v) is 6.35. The van der Waals surface area contributed by atoms with Gasteiger partial charge in [0, 0.05) is 23.9 Å². The molecule has 26 heavy (non-hydrogen) atoms. The van der Waals surface area contributed by atoms with Crippen molar-refractivity contribution in [1.82, 2.24) is 9.97 Å². The van der Waals surface area contributed by atoms with Crippen molar-refractivity contribution in [3.05, 3.63) is 71.0 Å². The number of nitrogens with zero attached hydrogens (tertiary/aromatic N) is 2. The molecule has 0 unspecified atom stereocenters. The van der Waals surface area contributed by atoms with Gasteiger partial charge in [-0.3, -0.25) is 0 Å². The molecular weight excluding hydrogens is 324 g/mol. The molecule has 0 aliphatic carbocycles. The summed E-state index contributed by atoms with van der Waals surface area (Å²) >= 11 is 0. The smallest absolute Gasteiger partial charge is 0.135 e. The maximum atomic E-state index is 5.39. The topological polar surface area (TPSA) is 59.1 Å². The molecule has 0 saturated heterocycles. The fraction of sp³-hybridized carbons (Fsp3) is 0.238. The summed E-state index contributed by atoms with van der Waals surface area (Å²) in [5.41, 5.74) is 5.82. The minimum atomic E-state index is 0.628. The van der Waals surface area contributed by atoms with Crippen LogP contribution in [0.5, 0.6) is 5.75 Å². The fourth-order valence-electron chi connectivity index (χ4n) is 3.06. The van der Waals surface area contributed by atoms with Gasteiger partial charge in [0.05, 0.1) is 7.11 Å². The Labute approximate surface area is 154 Å². The minimum Gasteiger partial charge on any atom is -0.496 e. The van der Waals surface area contributed by atoms with Crippen molar-refractivity contribution in [3.8, 4) is 5.75 Å². The molecule has 0 radical (unpaired) electrons. The van der Waals surface area contributed by atoms with Gasteiger partial charge in [0.15, 0.2) is 0 Å².